The molecule has 0 atom stereocenters. The Morgan fingerprint density at radius 2 is 2.00 bits per heavy atom. The highest BCUT2D eigenvalue weighted by atomic mass is 35.5. The van der Waals surface area contributed by atoms with Crippen molar-refractivity contribution in [3.63, 3.8) is 0 Å². The first-order chi connectivity index (χ1) is 9.72. The molecule has 1 heterocycles. The molecular weight excluding hydrogens is 291 g/mol. The molecule has 1 aromatic carbocycles. The van der Waals surface area contributed by atoms with Crippen molar-refractivity contribution in [3.05, 3.63) is 29.0 Å². The Bertz CT molecular complexity index is 598. The highest BCUT2D eigenvalue weighted by Gasteiger charge is 2.24. The highest BCUT2D eigenvalue weighted by Crippen LogP contribution is 2.37. The minimum atomic E-state index is 0.458. The summed E-state index contributed by atoms with van der Waals surface area (Å²) in [7, 11) is 0. The second-order valence-electron chi connectivity index (χ2n) is 5.75. The molecule has 0 amide bonds. The van der Waals surface area contributed by atoms with Gasteiger partial charge in [-0.05, 0) is 49.8 Å². The molecule has 1 aliphatic rings. The number of aromatic nitrogens is 2. The molecule has 0 aliphatic heterocycles. The first kappa shape index (κ1) is 14.2. The lowest BCUT2D eigenvalue weighted by molar-refractivity contribution is 0.270. The number of nitrogens with zero attached hydrogens (tertiary/aromatic N) is 2. The van der Waals surface area contributed by atoms with Crippen molar-refractivity contribution < 1.29 is 0 Å². The third kappa shape index (κ3) is 2.56. The number of fused-ring (bicyclic) bond motifs is 1. The van der Waals surface area contributed by atoms with Crippen molar-refractivity contribution >= 4 is 34.2 Å². The van der Waals surface area contributed by atoms with Crippen LogP contribution in [0.3, 0.4) is 0 Å². The monoisotopic (exact) mass is 310 g/mol. The number of hydrogen-bond donors (Lipinski definition) is 0. The van der Waals surface area contributed by atoms with Gasteiger partial charge in [0, 0.05) is 11.1 Å². The van der Waals surface area contributed by atoms with Crippen LogP contribution in [0.2, 0.25) is 5.02 Å². The average Bonchev–Trinajstić information content (AvgIpc) is 2.85. The van der Waals surface area contributed by atoms with E-state index in [1.54, 1.807) is 0 Å². The van der Waals surface area contributed by atoms with Gasteiger partial charge >= 0.3 is 0 Å². The molecule has 0 N–H and O–H groups in total. The minimum Gasteiger partial charge on any atom is -0.324 e. The molecule has 0 bridgehead atoms. The predicted molar refractivity (Wildman–Crippen MR) is 85.6 cm³/mol. The molecule has 1 aliphatic carbocycles. The number of rotatable bonds is 3. The number of halogens is 2. The fraction of sp³-hybridized carbons (Fsp3) is 0.562. The van der Waals surface area contributed by atoms with Crippen molar-refractivity contribution in [2.24, 2.45) is 5.92 Å². The largest absolute Gasteiger partial charge is 0.324 e. The van der Waals surface area contributed by atoms with Crippen LogP contribution in [-0.4, -0.2) is 9.55 Å². The van der Waals surface area contributed by atoms with E-state index in [9.17, 15) is 0 Å². The van der Waals surface area contributed by atoms with Crippen LogP contribution in [0, 0.1) is 5.92 Å². The number of benzene rings is 1. The van der Waals surface area contributed by atoms with Crippen LogP contribution in [0.25, 0.3) is 11.0 Å². The molecule has 20 heavy (non-hydrogen) atoms. The molecule has 2 aromatic rings. The van der Waals surface area contributed by atoms with Gasteiger partial charge in [0.05, 0.1) is 16.9 Å². The Kier molecular flexibility index (Phi) is 4.23. The van der Waals surface area contributed by atoms with Crippen LogP contribution in [0.4, 0.5) is 0 Å². The van der Waals surface area contributed by atoms with E-state index < -0.39 is 0 Å². The van der Waals surface area contributed by atoms with Crippen molar-refractivity contribution in [3.8, 4) is 0 Å². The Hall–Kier alpha value is -0.730. The summed E-state index contributed by atoms with van der Waals surface area (Å²) in [4.78, 5) is 4.66. The quantitative estimate of drug-likeness (QED) is 0.678. The Morgan fingerprint density at radius 3 is 2.65 bits per heavy atom. The molecule has 4 heteroatoms. The standard InChI is InChI=1S/C16H20Cl2N2/c1-2-11-3-6-13(7-4-11)20-15-9-12(18)5-8-14(15)19-16(20)10-17/h5,8-9,11,13H,2-4,6-7,10H2,1H3. The van der Waals surface area contributed by atoms with E-state index in [-0.39, 0.29) is 0 Å². The van der Waals surface area contributed by atoms with E-state index in [4.69, 9.17) is 23.2 Å². The van der Waals surface area contributed by atoms with Crippen LogP contribution in [0.15, 0.2) is 18.2 Å². The predicted octanol–water partition coefficient (Wildman–Crippen LogP) is 5.57. The fourth-order valence-electron chi connectivity index (χ4n) is 3.43. The van der Waals surface area contributed by atoms with Crippen LogP contribution in [-0.2, 0) is 5.88 Å². The van der Waals surface area contributed by atoms with E-state index in [1.165, 1.54) is 32.1 Å². The number of imidazole rings is 1. The summed E-state index contributed by atoms with van der Waals surface area (Å²) in [5.41, 5.74) is 2.13. The van der Waals surface area contributed by atoms with Crippen molar-refractivity contribution in [2.45, 2.75) is 50.9 Å². The maximum absolute atomic E-state index is 6.15. The molecule has 0 radical (unpaired) electrons. The molecule has 2 nitrogen and oxygen atoms in total. The maximum Gasteiger partial charge on any atom is 0.125 e. The minimum absolute atomic E-state index is 0.458. The van der Waals surface area contributed by atoms with Gasteiger partial charge in [-0.2, -0.15) is 0 Å². The van der Waals surface area contributed by atoms with Gasteiger partial charge in [0.25, 0.3) is 0 Å². The first-order valence-electron chi connectivity index (χ1n) is 7.45. The SMILES string of the molecule is CCC1CCC(n2c(CCl)nc3ccc(Cl)cc32)CC1. The normalized spacial score (nSPS) is 23.4. The zero-order valence-electron chi connectivity index (χ0n) is 11.8. The summed E-state index contributed by atoms with van der Waals surface area (Å²) in [6.07, 6.45) is 6.36. The molecule has 0 unspecified atom stereocenters. The Labute approximate surface area is 130 Å². The van der Waals surface area contributed by atoms with Crippen molar-refractivity contribution in [2.75, 3.05) is 0 Å². The molecule has 1 aromatic heterocycles. The fourth-order valence-corrected chi connectivity index (χ4v) is 3.78. The zero-order chi connectivity index (χ0) is 14.1. The lowest BCUT2D eigenvalue weighted by Gasteiger charge is -2.30. The molecule has 1 fully saturated rings. The highest BCUT2D eigenvalue weighted by molar-refractivity contribution is 6.31. The summed E-state index contributed by atoms with van der Waals surface area (Å²) in [5, 5.41) is 0.766. The van der Waals surface area contributed by atoms with Crippen molar-refractivity contribution in [1.29, 1.82) is 0 Å². The van der Waals surface area contributed by atoms with Gasteiger partial charge in [-0.3, -0.25) is 0 Å². The van der Waals surface area contributed by atoms with E-state index in [0.29, 0.717) is 11.9 Å². The summed E-state index contributed by atoms with van der Waals surface area (Å²) in [6.45, 7) is 2.29. The number of alkyl halides is 1. The Balaban J connectivity index is 1.99. The molecule has 108 valence electrons. The number of hydrogen-bond acceptors (Lipinski definition) is 1. The van der Waals surface area contributed by atoms with E-state index >= 15 is 0 Å². The molecular formula is C16H20Cl2N2. The van der Waals surface area contributed by atoms with Crippen LogP contribution in [0.5, 0.6) is 0 Å². The van der Waals surface area contributed by atoms with E-state index in [1.807, 2.05) is 18.2 Å². The molecule has 0 spiro atoms. The van der Waals surface area contributed by atoms with Gasteiger partial charge in [-0.1, -0.05) is 24.9 Å². The summed E-state index contributed by atoms with van der Waals surface area (Å²) >= 11 is 12.3. The van der Waals surface area contributed by atoms with Crippen LogP contribution < -0.4 is 0 Å². The van der Waals surface area contributed by atoms with Gasteiger partial charge in [0.2, 0.25) is 0 Å². The molecule has 1 saturated carbocycles. The second-order valence-corrected chi connectivity index (χ2v) is 6.45. The van der Waals surface area contributed by atoms with E-state index in [0.717, 1.165) is 27.8 Å². The molecule has 3 rings (SSSR count). The lowest BCUT2D eigenvalue weighted by atomic mass is 9.84. The van der Waals surface area contributed by atoms with E-state index in [2.05, 4.69) is 16.5 Å². The van der Waals surface area contributed by atoms with Gasteiger partial charge < -0.3 is 4.57 Å². The summed E-state index contributed by atoms with van der Waals surface area (Å²) < 4.78 is 2.33. The average molecular weight is 311 g/mol. The topological polar surface area (TPSA) is 17.8 Å². The first-order valence-corrected chi connectivity index (χ1v) is 8.36. The summed E-state index contributed by atoms with van der Waals surface area (Å²) in [5.74, 6) is 2.33. The van der Waals surface area contributed by atoms with Gasteiger partial charge in [-0.15, -0.1) is 11.6 Å². The third-order valence-electron chi connectivity index (χ3n) is 4.60. The van der Waals surface area contributed by atoms with Gasteiger partial charge in [0.15, 0.2) is 0 Å². The Morgan fingerprint density at radius 1 is 1.25 bits per heavy atom. The van der Waals surface area contributed by atoms with Crippen molar-refractivity contribution in [1.82, 2.24) is 9.55 Å². The smallest absolute Gasteiger partial charge is 0.125 e. The van der Waals surface area contributed by atoms with Crippen LogP contribution in [0.1, 0.15) is 50.9 Å². The third-order valence-corrected chi connectivity index (χ3v) is 5.08. The lowest BCUT2D eigenvalue weighted by Crippen LogP contribution is -2.19. The second kappa shape index (κ2) is 5.95. The van der Waals surface area contributed by atoms with Crippen LogP contribution >= 0.6 is 23.2 Å². The van der Waals surface area contributed by atoms with Gasteiger partial charge in [0.1, 0.15) is 5.82 Å². The van der Waals surface area contributed by atoms with Gasteiger partial charge in [-0.25, -0.2) is 4.98 Å². The molecule has 0 saturated heterocycles. The zero-order valence-corrected chi connectivity index (χ0v) is 13.3. The maximum atomic E-state index is 6.15. The summed E-state index contributed by atoms with van der Waals surface area (Å²) in [6, 6.07) is 6.43.